The Hall–Kier alpha value is -0.740. The number of rotatable bonds is 5. The van der Waals surface area contributed by atoms with Gasteiger partial charge < -0.3 is 0 Å². The molecule has 2 rings (SSSR count). The van der Waals surface area contributed by atoms with Crippen LogP contribution in [0.1, 0.15) is 43.3 Å². The number of carbonyl (C=O) groups is 1. The molecule has 1 aromatic heterocycles. The van der Waals surface area contributed by atoms with E-state index < -0.39 is 0 Å². The molecule has 1 aliphatic rings. The maximum absolute atomic E-state index is 12.0. The molecule has 0 N–H and O–H groups in total. The lowest BCUT2D eigenvalue weighted by atomic mass is 9.79. The zero-order chi connectivity index (χ0) is 13.8. The van der Waals surface area contributed by atoms with Crippen LogP contribution in [-0.4, -0.2) is 29.3 Å². The second-order valence-corrected chi connectivity index (χ2v) is 6.83. The summed E-state index contributed by atoms with van der Waals surface area (Å²) in [6.07, 6.45) is 4.17. The largest absolute Gasteiger partial charge is 0.300 e. The van der Waals surface area contributed by atoms with Crippen molar-refractivity contribution in [3.63, 3.8) is 0 Å². The van der Waals surface area contributed by atoms with E-state index in [0.717, 1.165) is 49.0 Å². The van der Waals surface area contributed by atoms with Crippen molar-refractivity contribution >= 4 is 17.1 Å². The topological polar surface area (TPSA) is 33.2 Å². The molecule has 1 fully saturated rings. The van der Waals surface area contributed by atoms with Gasteiger partial charge in [0.15, 0.2) is 0 Å². The number of nitrogens with zero attached hydrogens (tertiary/aromatic N) is 2. The van der Waals surface area contributed by atoms with Gasteiger partial charge in [0.05, 0.1) is 10.7 Å². The van der Waals surface area contributed by atoms with Crippen molar-refractivity contribution < 1.29 is 4.79 Å². The second-order valence-electron chi connectivity index (χ2n) is 5.77. The fraction of sp³-hybridized carbons (Fsp3) is 0.733. The third-order valence-corrected chi connectivity index (χ3v) is 4.90. The summed E-state index contributed by atoms with van der Waals surface area (Å²) in [4.78, 5) is 18.7. The zero-order valence-corrected chi connectivity index (χ0v) is 13.0. The first-order valence-corrected chi connectivity index (χ1v) is 8.08. The molecule has 0 saturated heterocycles. The van der Waals surface area contributed by atoms with Gasteiger partial charge in [-0.2, -0.15) is 0 Å². The lowest BCUT2D eigenvalue weighted by Gasteiger charge is -2.30. The van der Waals surface area contributed by atoms with E-state index in [9.17, 15) is 4.79 Å². The number of thiazole rings is 1. The quantitative estimate of drug-likeness (QED) is 0.830. The van der Waals surface area contributed by atoms with Gasteiger partial charge in [-0.15, -0.1) is 11.3 Å². The van der Waals surface area contributed by atoms with E-state index in [1.54, 1.807) is 11.3 Å². The minimum absolute atomic E-state index is 0.239. The van der Waals surface area contributed by atoms with Crippen LogP contribution in [0.25, 0.3) is 0 Å². The molecule has 2 unspecified atom stereocenters. The highest BCUT2D eigenvalue weighted by atomic mass is 32.1. The summed E-state index contributed by atoms with van der Waals surface area (Å²) in [6, 6.07) is 0. The molecule has 106 valence electrons. The van der Waals surface area contributed by atoms with Gasteiger partial charge >= 0.3 is 0 Å². The van der Waals surface area contributed by atoms with Crippen molar-refractivity contribution in [1.82, 2.24) is 9.88 Å². The summed E-state index contributed by atoms with van der Waals surface area (Å²) in [7, 11) is 2.09. The predicted molar refractivity (Wildman–Crippen MR) is 79.3 cm³/mol. The number of ketones is 1. The summed E-state index contributed by atoms with van der Waals surface area (Å²) in [5.74, 6) is 1.45. The lowest BCUT2D eigenvalue weighted by molar-refractivity contribution is -0.126. The van der Waals surface area contributed by atoms with Crippen LogP contribution in [-0.2, 0) is 11.3 Å². The normalized spacial score (nSPS) is 24.1. The summed E-state index contributed by atoms with van der Waals surface area (Å²) >= 11 is 1.69. The van der Waals surface area contributed by atoms with Gasteiger partial charge in [-0.1, -0.05) is 13.3 Å². The van der Waals surface area contributed by atoms with Gasteiger partial charge in [0.25, 0.3) is 0 Å². The molecule has 1 aromatic rings. The Bertz CT molecular complexity index is 430. The van der Waals surface area contributed by atoms with Crippen molar-refractivity contribution in [1.29, 1.82) is 0 Å². The van der Waals surface area contributed by atoms with Crippen LogP contribution in [0.2, 0.25) is 0 Å². The Kier molecular flexibility index (Phi) is 5.11. The van der Waals surface area contributed by atoms with Crippen molar-refractivity contribution in [2.75, 3.05) is 13.6 Å². The van der Waals surface area contributed by atoms with Crippen LogP contribution >= 0.6 is 11.3 Å². The van der Waals surface area contributed by atoms with E-state index in [0.29, 0.717) is 5.78 Å². The molecule has 1 saturated carbocycles. The Morgan fingerprint density at radius 3 is 2.95 bits per heavy atom. The van der Waals surface area contributed by atoms with Crippen molar-refractivity contribution in [2.45, 2.75) is 46.1 Å². The molecular formula is C15H24N2OS. The molecule has 1 aliphatic carbocycles. The Balaban J connectivity index is 1.86. The fourth-order valence-electron chi connectivity index (χ4n) is 2.95. The molecule has 2 atom stereocenters. The average molecular weight is 280 g/mol. The van der Waals surface area contributed by atoms with E-state index in [1.807, 2.05) is 6.92 Å². The monoisotopic (exact) mass is 280 g/mol. The van der Waals surface area contributed by atoms with Crippen LogP contribution in [0.3, 0.4) is 0 Å². The van der Waals surface area contributed by atoms with Gasteiger partial charge in [0, 0.05) is 30.8 Å². The SMILES string of the molecule is CCC1CCC(=O)C(CN(C)Cc2csc(C)n2)C1. The van der Waals surface area contributed by atoms with Crippen LogP contribution < -0.4 is 0 Å². The van der Waals surface area contributed by atoms with E-state index in [2.05, 4.69) is 29.2 Å². The molecular weight excluding hydrogens is 256 g/mol. The first kappa shape index (κ1) is 14.7. The number of hydrogen-bond donors (Lipinski definition) is 0. The Labute approximate surface area is 120 Å². The summed E-state index contributed by atoms with van der Waals surface area (Å²) in [6.45, 7) is 6.00. The molecule has 0 aliphatic heterocycles. The lowest BCUT2D eigenvalue weighted by Crippen LogP contribution is -2.34. The van der Waals surface area contributed by atoms with Crippen molar-refractivity contribution in [3.05, 3.63) is 16.1 Å². The first-order chi connectivity index (χ1) is 9.08. The second kappa shape index (κ2) is 6.62. The molecule has 0 spiro atoms. The number of carbonyl (C=O) groups excluding carboxylic acids is 1. The molecule has 19 heavy (non-hydrogen) atoms. The van der Waals surface area contributed by atoms with Gasteiger partial charge in [0.1, 0.15) is 5.78 Å². The van der Waals surface area contributed by atoms with Gasteiger partial charge in [-0.3, -0.25) is 9.69 Å². The molecule has 0 radical (unpaired) electrons. The summed E-state index contributed by atoms with van der Waals surface area (Å²) in [5, 5.41) is 3.23. The minimum Gasteiger partial charge on any atom is -0.300 e. The maximum Gasteiger partial charge on any atom is 0.137 e. The van der Waals surface area contributed by atoms with E-state index >= 15 is 0 Å². The van der Waals surface area contributed by atoms with Gasteiger partial charge in [-0.25, -0.2) is 4.98 Å². The number of Topliss-reactive ketones (excluding diaryl/α,β-unsaturated/α-hetero) is 1. The highest BCUT2D eigenvalue weighted by Crippen LogP contribution is 2.29. The van der Waals surface area contributed by atoms with E-state index in [-0.39, 0.29) is 5.92 Å². The fourth-order valence-corrected chi connectivity index (χ4v) is 3.55. The first-order valence-electron chi connectivity index (χ1n) is 7.20. The minimum atomic E-state index is 0.239. The summed E-state index contributed by atoms with van der Waals surface area (Å²) < 4.78 is 0. The molecule has 1 heterocycles. The number of hydrogen-bond acceptors (Lipinski definition) is 4. The van der Waals surface area contributed by atoms with Crippen LogP contribution in [0.5, 0.6) is 0 Å². The zero-order valence-electron chi connectivity index (χ0n) is 12.2. The van der Waals surface area contributed by atoms with Crippen LogP contribution in [0.15, 0.2) is 5.38 Å². The maximum atomic E-state index is 12.0. The highest BCUT2D eigenvalue weighted by molar-refractivity contribution is 7.09. The smallest absolute Gasteiger partial charge is 0.137 e. The van der Waals surface area contributed by atoms with E-state index in [1.165, 1.54) is 6.42 Å². The molecule has 0 amide bonds. The van der Waals surface area contributed by atoms with Crippen LogP contribution in [0.4, 0.5) is 0 Å². The number of aromatic nitrogens is 1. The van der Waals surface area contributed by atoms with Crippen molar-refractivity contribution in [3.8, 4) is 0 Å². The molecule has 0 bridgehead atoms. The Morgan fingerprint density at radius 1 is 1.53 bits per heavy atom. The average Bonchev–Trinajstić information content (AvgIpc) is 2.77. The third-order valence-electron chi connectivity index (χ3n) is 4.08. The highest BCUT2D eigenvalue weighted by Gasteiger charge is 2.28. The standard InChI is InChI=1S/C15H24N2OS/c1-4-12-5-6-15(18)13(7-12)8-17(3)9-14-10-19-11(2)16-14/h10,12-13H,4-9H2,1-3H3. The van der Waals surface area contributed by atoms with E-state index in [4.69, 9.17) is 0 Å². The summed E-state index contributed by atoms with van der Waals surface area (Å²) in [5.41, 5.74) is 1.13. The third kappa shape index (κ3) is 4.11. The predicted octanol–water partition coefficient (Wildman–Crippen LogP) is 3.28. The van der Waals surface area contributed by atoms with Gasteiger partial charge in [0.2, 0.25) is 0 Å². The molecule has 0 aromatic carbocycles. The molecule has 3 nitrogen and oxygen atoms in total. The van der Waals surface area contributed by atoms with Crippen LogP contribution in [0, 0.1) is 18.8 Å². The Morgan fingerprint density at radius 2 is 2.32 bits per heavy atom. The molecule has 4 heteroatoms. The van der Waals surface area contributed by atoms with Gasteiger partial charge in [-0.05, 0) is 32.7 Å². The van der Waals surface area contributed by atoms with Crippen molar-refractivity contribution in [2.24, 2.45) is 11.8 Å². The number of aryl methyl sites for hydroxylation is 1.